The van der Waals surface area contributed by atoms with Crippen molar-refractivity contribution in [3.05, 3.63) is 51.2 Å². The summed E-state index contributed by atoms with van der Waals surface area (Å²) >= 11 is 9.16. The average Bonchev–Trinajstić information content (AvgIpc) is 2.71. The van der Waals surface area contributed by atoms with Gasteiger partial charge in [-0.05, 0) is 64.0 Å². The number of phenols is 1. The van der Waals surface area contributed by atoms with E-state index in [2.05, 4.69) is 45.0 Å². The van der Waals surface area contributed by atoms with Crippen LogP contribution in [0.3, 0.4) is 0 Å². The number of amides is 1. The molecule has 1 amide bonds. The van der Waals surface area contributed by atoms with Gasteiger partial charge in [-0.1, -0.05) is 27.5 Å². The molecule has 0 unspecified atom stereocenters. The number of ketones is 1. The van der Waals surface area contributed by atoms with E-state index in [0.717, 1.165) is 25.9 Å². The van der Waals surface area contributed by atoms with Gasteiger partial charge in [-0.25, -0.2) is 0 Å². The van der Waals surface area contributed by atoms with Crippen molar-refractivity contribution in [2.75, 3.05) is 18.4 Å². The van der Waals surface area contributed by atoms with E-state index in [1.54, 1.807) is 18.2 Å². The molecule has 1 saturated heterocycles. The zero-order valence-electron chi connectivity index (χ0n) is 17.0. The largest absolute Gasteiger partial charge is 0.506 e. The number of likely N-dealkylation sites (tertiary alicyclic amines) is 1. The summed E-state index contributed by atoms with van der Waals surface area (Å²) in [6.45, 7) is 6.01. The van der Waals surface area contributed by atoms with Crippen molar-refractivity contribution < 1.29 is 14.7 Å². The number of nitrogens with one attached hydrogen (secondary N) is 1. The summed E-state index contributed by atoms with van der Waals surface area (Å²) in [5.74, 6) is -0.727. The number of hydrogen-bond acceptors (Lipinski definition) is 5. The molecule has 160 valence electrons. The number of carbonyl (C=O) groups is 2. The van der Waals surface area contributed by atoms with Crippen molar-refractivity contribution in [2.45, 2.75) is 39.2 Å². The fraction of sp³-hybridized carbons (Fsp3) is 0.409. The molecule has 1 fully saturated rings. The predicted molar refractivity (Wildman–Crippen MR) is 121 cm³/mol. The molecule has 0 saturated carbocycles. The van der Waals surface area contributed by atoms with Gasteiger partial charge in [0.15, 0.2) is 5.78 Å². The van der Waals surface area contributed by atoms with Crippen LogP contribution in [0, 0.1) is 5.92 Å². The highest BCUT2D eigenvalue weighted by Crippen LogP contribution is 2.33. The third-order valence-electron chi connectivity index (χ3n) is 5.39. The fourth-order valence-electron chi connectivity index (χ4n) is 3.62. The molecule has 8 heteroatoms. The Labute approximate surface area is 189 Å². The molecule has 0 bridgehead atoms. The second-order valence-electron chi connectivity index (χ2n) is 7.81. The summed E-state index contributed by atoms with van der Waals surface area (Å²) in [5.41, 5.74) is 0.947. The van der Waals surface area contributed by atoms with Gasteiger partial charge in [-0.15, -0.1) is 0 Å². The van der Waals surface area contributed by atoms with Gasteiger partial charge < -0.3 is 15.3 Å². The lowest BCUT2D eigenvalue weighted by Crippen LogP contribution is -2.41. The minimum atomic E-state index is -0.258. The fourth-order valence-corrected chi connectivity index (χ4v) is 4.18. The lowest BCUT2D eigenvalue weighted by Gasteiger charge is -2.34. The highest BCUT2D eigenvalue weighted by atomic mass is 79.9. The molecule has 2 heterocycles. The topological polar surface area (TPSA) is 82.5 Å². The number of anilines is 1. The van der Waals surface area contributed by atoms with Gasteiger partial charge in [0.2, 0.25) is 5.91 Å². The number of aromatic hydroxyl groups is 1. The van der Waals surface area contributed by atoms with Crippen LogP contribution in [0.25, 0.3) is 0 Å². The predicted octanol–water partition coefficient (Wildman–Crippen LogP) is 4.69. The second-order valence-corrected chi connectivity index (χ2v) is 9.16. The minimum Gasteiger partial charge on any atom is -0.506 e. The number of pyridine rings is 1. The van der Waals surface area contributed by atoms with E-state index >= 15 is 0 Å². The molecule has 0 spiro atoms. The third-order valence-corrected chi connectivity index (χ3v) is 6.07. The van der Waals surface area contributed by atoms with E-state index in [0.29, 0.717) is 21.2 Å². The zero-order valence-corrected chi connectivity index (χ0v) is 19.3. The van der Waals surface area contributed by atoms with Gasteiger partial charge in [-0.3, -0.25) is 14.6 Å². The van der Waals surface area contributed by atoms with Crippen molar-refractivity contribution in [3.63, 3.8) is 0 Å². The normalized spacial score (nSPS) is 15.4. The Bertz CT molecular complexity index is 926. The van der Waals surface area contributed by atoms with Crippen LogP contribution >= 0.6 is 27.5 Å². The lowest BCUT2D eigenvalue weighted by atomic mass is 9.94. The molecule has 30 heavy (non-hydrogen) atoms. The number of Topliss-reactive ketones (excluding diaryl/α,β-unsaturated/α-hetero) is 1. The maximum absolute atomic E-state index is 12.9. The van der Waals surface area contributed by atoms with Gasteiger partial charge >= 0.3 is 0 Å². The average molecular weight is 495 g/mol. The maximum atomic E-state index is 12.9. The van der Waals surface area contributed by atoms with Crippen molar-refractivity contribution in [1.82, 2.24) is 9.88 Å². The molecule has 1 aromatic carbocycles. The standard InChI is InChI=1S/C22H25BrClN3O3/c1-13(2)27-7-5-14(6-8-27)22(30)26-21-18(9-15(23)10-20(21)29)19(28)11-17-4-3-16(24)12-25-17/h3-4,9-10,12-14,29H,5-8,11H2,1-2H3,(H,26,30). The van der Waals surface area contributed by atoms with E-state index in [4.69, 9.17) is 11.6 Å². The Balaban J connectivity index is 1.77. The van der Waals surface area contributed by atoms with E-state index < -0.39 is 0 Å². The molecule has 2 N–H and O–H groups in total. The Hall–Kier alpha value is -1.96. The quantitative estimate of drug-likeness (QED) is 0.450. The van der Waals surface area contributed by atoms with E-state index in [1.165, 1.54) is 12.3 Å². The number of benzene rings is 1. The van der Waals surface area contributed by atoms with E-state index in [9.17, 15) is 14.7 Å². The summed E-state index contributed by atoms with van der Waals surface area (Å²) in [4.78, 5) is 32.3. The number of carbonyl (C=O) groups excluding carboxylic acids is 2. The summed E-state index contributed by atoms with van der Waals surface area (Å²) in [6, 6.07) is 6.87. The Morgan fingerprint density at radius 2 is 2.00 bits per heavy atom. The van der Waals surface area contributed by atoms with Crippen LogP contribution in [0.5, 0.6) is 5.75 Å². The Morgan fingerprint density at radius 1 is 1.30 bits per heavy atom. The second kappa shape index (κ2) is 9.90. The van der Waals surface area contributed by atoms with Crippen LogP contribution in [-0.4, -0.2) is 45.8 Å². The van der Waals surface area contributed by atoms with E-state index in [-0.39, 0.29) is 41.0 Å². The molecule has 2 aromatic rings. The van der Waals surface area contributed by atoms with Crippen molar-refractivity contribution in [1.29, 1.82) is 0 Å². The maximum Gasteiger partial charge on any atom is 0.227 e. The first-order chi connectivity index (χ1) is 14.2. The van der Waals surface area contributed by atoms with Gasteiger partial charge in [0, 0.05) is 33.9 Å². The first-order valence-electron chi connectivity index (χ1n) is 9.95. The highest BCUT2D eigenvalue weighted by molar-refractivity contribution is 9.10. The number of nitrogens with zero attached hydrogens (tertiary/aromatic N) is 2. The van der Waals surface area contributed by atoms with Crippen LogP contribution in [-0.2, 0) is 11.2 Å². The highest BCUT2D eigenvalue weighted by Gasteiger charge is 2.28. The van der Waals surface area contributed by atoms with Crippen molar-refractivity contribution >= 4 is 44.9 Å². The Kier molecular flexibility index (Phi) is 7.50. The van der Waals surface area contributed by atoms with Gasteiger partial charge in [0.1, 0.15) is 5.75 Å². The number of halogens is 2. The van der Waals surface area contributed by atoms with Crippen LogP contribution in [0.15, 0.2) is 34.9 Å². The molecule has 0 aliphatic carbocycles. The number of aromatic nitrogens is 1. The summed E-state index contributed by atoms with van der Waals surface area (Å²) in [5, 5.41) is 13.7. The SMILES string of the molecule is CC(C)N1CCC(C(=O)Nc2c(O)cc(Br)cc2C(=O)Cc2ccc(Cl)cn2)CC1. The zero-order chi connectivity index (χ0) is 21.8. The molecule has 1 aliphatic heterocycles. The number of hydrogen-bond donors (Lipinski definition) is 2. The lowest BCUT2D eigenvalue weighted by molar-refractivity contribution is -0.121. The number of rotatable bonds is 6. The molecule has 6 nitrogen and oxygen atoms in total. The molecule has 1 aliphatic rings. The van der Waals surface area contributed by atoms with Crippen molar-refractivity contribution in [2.24, 2.45) is 5.92 Å². The molecular formula is C22H25BrClN3O3. The third kappa shape index (κ3) is 5.59. The first kappa shape index (κ1) is 22.7. The number of piperidine rings is 1. The van der Waals surface area contributed by atoms with Crippen LogP contribution in [0.1, 0.15) is 42.7 Å². The number of phenolic OH excluding ortho intramolecular Hbond substituents is 1. The van der Waals surface area contributed by atoms with Crippen LogP contribution in [0.4, 0.5) is 5.69 Å². The summed E-state index contributed by atoms with van der Waals surface area (Å²) in [6.07, 6.45) is 3.01. The molecular weight excluding hydrogens is 470 g/mol. The van der Waals surface area contributed by atoms with Gasteiger partial charge in [0.05, 0.1) is 17.1 Å². The first-order valence-corrected chi connectivity index (χ1v) is 11.1. The monoisotopic (exact) mass is 493 g/mol. The summed E-state index contributed by atoms with van der Waals surface area (Å²) < 4.78 is 0.552. The van der Waals surface area contributed by atoms with Crippen molar-refractivity contribution in [3.8, 4) is 5.75 Å². The van der Waals surface area contributed by atoms with Crippen LogP contribution in [0.2, 0.25) is 5.02 Å². The van der Waals surface area contributed by atoms with Gasteiger partial charge in [0.25, 0.3) is 0 Å². The van der Waals surface area contributed by atoms with Gasteiger partial charge in [-0.2, -0.15) is 0 Å². The Morgan fingerprint density at radius 3 is 2.60 bits per heavy atom. The smallest absolute Gasteiger partial charge is 0.227 e. The van der Waals surface area contributed by atoms with Crippen LogP contribution < -0.4 is 5.32 Å². The molecule has 1 aromatic heterocycles. The molecule has 3 rings (SSSR count). The summed E-state index contributed by atoms with van der Waals surface area (Å²) in [7, 11) is 0. The van der Waals surface area contributed by atoms with E-state index in [1.807, 2.05) is 0 Å². The minimum absolute atomic E-state index is 0.0305. The molecule has 0 radical (unpaired) electrons. The molecule has 0 atom stereocenters.